The lowest BCUT2D eigenvalue weighted by Gasteiger charge is -2.22. The third kappa shape index (κ3) is 54.8. The molecule has 9 heteroatoms. The molecule has 0 aliphatic carbocycles. The Morgan fingerprint density at radius 3 is 0.789 bits per heavy atom. The number of carbonyl (C=O) groups is 2. The van der Waals surface area contributed by atoms with Gasteiger partial charge < -0.3 is 33.3 Å². The Hall–Kier alpha value is -1.26. The number of unbranched alkanes of at least 4 members (excludes halogenated alkanes) is 33. The lowest BCUT2D eigenvalue weighted by molar-refractivity contribution is -0.159. The quantitative estimate of drug-likeness (QED) is 0.0335. The maximum atomic E-state index is 12.7. The van der Waals surface area contributed by atoms with Crippen molar-refractivity contribution in [3.8, 4) is 0 Å². The first-order valence-electron chi connectivity index (χ1n) is 31.5. The molecule has 0 aromatic carbocycles. The standard InChI is InChI=1S/C62H123NO8/c1-6-11-16-20-24-28-32-40-55-68-61(69-56-41-33-29-25-21-17-12-7-2)48-46-59(64)66-53-44-36-38-51-63(50-15-10-5)52-39-37-45-54-67-60(65)47-49-62(70-57-42-34-30-26-22-18-13-8-3)71-58-43-35-31-27-23-19-14-9-4/h61-62H,6-58H2,1-5H3. The van der Waals surface area contributed by atoms with Crippen molar-refractivity contribution in [2.45, 2.75) is 330 Å². The van der Waals surface area contributed by atoms with Crippen LogP contribution in [0.5, 0.6) is 0 Å². The molecule has 71 heavy (non-hydrogen) atoms. The van der Waals surface area contributed by atoms with E-state index in [1.165, 1.54) is 193 Å². The summed E-state index contributed by atoms with van der Waals surface area (Å²) in [5.41, 5.74) is 0. The fourth-order valence-corrected chi connectivity index (χ4v) is 9.17. The van der Waals surface area contributed by atoms with E-state index in [-0.39, 0.29) is 24.5 Å². The highest BCUT2D eigenvalue weighted by Gasteiger charge is 2.15. The van der Waals surface area contributed by atoms with Gasteiger partial charge in [0.25, 0.3) is 0 Å². The second-order valence-corrected chi connectivity index (χ2v) is 21.1. The van der Waals surface area contributed by atoms with Crippen molar-refractivity contribution in [1.29, 1.82) is 0 Å². The maximum absolute atomic E-state index is 12.7. The third-order valence-corrected chi connectivity index (χ3v) is 14.0. The van der Waals surface area contributed by atoms with Gasteiger partial charge in [0, 0.05) is 39.3 Å². The van der Waals surface area contributed by atoms with Gasteiger partial charge in [0.2, 0.25) is 0 Å². The Balaban J connectivity index is 4.45. The first-order chi connectivity index (χ1) is 35.0. The summed E-state index contributed by atoms with van der Waals surface area (Å²) in [6.07, 6.45) is 50.3. The molecule has 0 N–H and O–H groups in total. The highest BCUT2D eigenvalue weighted by molar-refractivity contribution is 5.69. The van der Waals surface area contributed by atoms with Gasteiger partial charge in [-0.05, 0) is 90.3 Å². The average Bonchev–Trinajstić information content (AvgIpc) is 3.37. The number of ether oxygens (including phenoxy) is 6. The van der Waals surface area contributed by atoms with Gasteiger partial charge in [0.05, 0.1) is 26.1 Å². The Morgan fingerprint density at radius 2 is 0.507 bits per heavy atom. The molecule has 0 aliphatic rings. The Morgan fingerprint density at radius 1 is 0.282 bits per heavy atom. The maximum Gasteiger partial charge on any atom is 0.305 e. The predicted molar refractivity (Wildman–Crippen MR) is 301 cm³/mol. The fourth-order valence-electron chi connectivity index (χ4n) is 9.17. The van der Waals surface area contributed by atoms with Crippen molar-refractivity contribution in [2.24, 2.45) is 0 Å². The largest absolute Gasteiger partial charge is 0.466 e. The number of rotatable bonds is 61. The monoisotopic (exact) mass is 1010 g/mol. The highest BCUT2D eigenvalue weighted by atomic mass is 16.7. The topological polar surface area (TPSA) is 92.8 Å². The van der Waals surface area contributed by atoms with Crippen LogP contribution in [-0.4, -0.2) is 88.7 Å². The second kappa shape index (κ2) is 59.6. The molecule has 424 valence electrons. The van der Waals surface area contributed by atoms with Gasteiger partial charge in [0.1, 0.15) is 0 Å². The van der Waals surface area contributed by atoms with Crippen molar-refractivity contribution in [1.82, 2.24) is 4.90 Å². The average molecular weight is 1010 g/mol. The van der Waals surface area contributed by atoms with Gasteiger partial charge in [-0.1, -0.05) is 221 Å². The van der Waals surface area contributed by atoms with Gasteiger partial charge >= 0.3 is 11.9 Å². The summed E-state index contributed by atoms with van der Waals surface area (Å²) in [6, 6.07) is 0. The van der Waals surface area contributed by atoms with E-state index in [1.807, 2.05) is 0 Å². The molecule has 0 fully saturated rings. The van der Waals surface area contributed by atoms with E-state index in [9.17, 15) is 9.59 Å². The number of carbonyl (C=O) groups excluding carboxylic acids is 2. The molecule has 0 amide bonds. The van der Waals surface area contributed by atoms with E-state index in [1.54, 1.807) is 0 Å². The molecular weight excluding hydrogens is 887 g/mol. The lowest BCUT2D eigenvalue weighted by atomic mass is 10.1. The molecular formula is C62H123NO8. The zero-order valence-electron chi connectivity index (χ0n) is 48.3. The summed E-state index contributed by atoms with van der Waals surface area (Å²) in [6.45, 7) is 18.3. The van der Waals surface area contributed by atoms with Crippen molar-refractivity contribution in [2.75, 3.05) is 59.3 Å². The van der Waals surface area contributed by atoms with E-state index in [0.29, 0.717) is 65.3 Å². The summed E-state index contributed by atoms with van der Waals surface area (Å²) in [7, 11) is 0. The Bertz CT molecular complexity index is 927. The van der Waals surface area contributed by atoms with E-state index in [4.69, 9.17) is 28.4 Å². The molecule has 0 rings (SSSR count). The smallest absolute Gasteiger partial charge is 0.305 e. The lowest BCUT2D eigenvalue weighted by Crippen LogP contribution is -2.27. The number of nitrogens with zero attached hydrogens (tertiary/aromatic N) is 1. The molecule has 9 nitrogen and oxygen atoms in total. The van der Waals surface area contributed by atoms with Crippen molar-refractivity contribution >= 4 is 11.9 Å². The van der Waals surface area contributed by atoms with Crippen LogP contribution in [0.4, 0.5) is 0 Å². The Kier molecular flexibility index (Phi) is 58.6. The van der Waals surface area contributed by atoms with Gasteiger partial charge in [0.15, 0.2) is 12.6 Å². The minimum absolute atomic E-state index is 0.141. The van der Waals surface area contributed by atoms with Crippen LogP contribution in [-0.2, 0) is 38.0 Å². The third-order valence-electron chi connectivity index (χ3n) is 14.0. The minimum Gasteiger partial charge on any atom is -0.466 e. The van der Waals surface area contributed by atoms with E-state index in [2.05, 4.69) is 39.5 Å². The van der Waals surface area contributed by atoms with Gasteiger partial charge in [-0.2, -0.15) is 0 Å². The van der Waals surface area contributed by atoms with Crippen molar-refractivity contribution < 1.29 is 38.0 Å². The van der Waals surface area contributed by atoms with Crippen LogP contribution in [0.3, 0.4) is 0 Å². The van der Waals surface area contributed by atoms with E-state index >= 15 is 0 Å². The summed E-state index contributed by atoms with van der Waals surface area (Å²) in [5.74, 6) is -0.282. The summed E-state index contributed by atoms with van der Waals surface area (Å²) in [5, 5.41) is 0. The molecule has 0 atom stereocenters. The van der Waals surface area contributed by atoms with Gasteiger partial charge in [-0.15, -0.1) is 0 Å². The number of hydrogen-bond acceptors (Lipinski definition) is 9. The fraction of sp³-hybridized carbons (Fsp3) is 0.968. The Labute approximate surface area is 442 Å². The molecule has 0 unspecified atom stereocenters. The first kappa shape index (κ1) is 69.7. The van der Waals surface area contributed by atoms with E-state index < -0.39 is 0 Å². The van der Waals surface area contributed by atoms with Crippen LogP contribution in [0.25, 0.3) is 0 Å². The zero-order chi connectivity index (χ0) is 51.6. The van der Waals surface area contributed by atoms with Crippen LogP contribution in [0.15, 0.2) is 0 Å². The van der Waals surface area contributed by atoms with Gasteiger partial charge in [-0.25, -0.2) is 0 Å². The van der Waals surface area contributed by atoms with Gasteiger partial charge in [-0.3, -0.25) is 9.59 Å². The van der Waals surface area contributed by atoms with Crippen LogP contribution in [0.1, 0.15) is 317 Å². The normalized spacial score (nSPS) is 11.8. The molecule has 0 aromatic rings. The van der Waals surface area contributed by atoms with Crippen molar-refractivity contribution in [3.05, 3.63) is 0 Å². The molecule has 0 spiro atoms. The number of hydrogen-bond donors (Lipinski definition) is 0. The molecule has 0 aromatic heterocycles. The molecule has 0 saturated carbocycles. The highest BCUT2D eigenvalue weighted by Crippen LogP contribution is 2.16. The van der Waals surface area contributed by atoms with Crippen LogP contribution in [0.2, 0.25) is 0 Å². The van der Waals surface area contributed by atoms with Crippen LogP contribution < -0.4 is 0 Å². The van der Waals surface area contributed by atoms with E-state index in [0.717, 1.165) is 83.8 Å². The SMILES string of the molecule is CCCCCCCCCCOC(CCC(=O)OCCCCCN(CCCC)CCCCCOC(=O)CCC(OCCCCCCCCCC)OCCCCCCCCCC)OCCCCCCCCCC. The van der Waals surface area contributed by atoms with Crippen LogP contribution in [0, 0.1) is 0 Å². The minimum atomic E-state index is -0.326. The second-order valence-electron chi connectivity index (χ2n) is 21.1. The number of esters is 2. The molecule has 0 heterocycles. The van der Waals surface area contributed by atoms with Crippen molar-refractivity contribution in [3.63, 3.8) is 0 Å². The zero-order valence-corrected chi connectivity index (χ0v) is 48.3. The predicted octanol–water partition coefficient (Wildman–Crippen LogP) is 18.4. The first-order valence-corrected chi connectivity index (χ1v) is 31.5. The molecule has 0 bridgehead atoms. The summed E-state index contributed by atoms with van der Waals surface area (Å²) >= 11 is 0. The molecule has 0 aliphatic heterocycles. The molecule has 0 radical (unpaired) electrons. The summed E-state index contributed by atoms with van der Waals surface area (Å²) < 4.78 is 36.1. The molecule has 0 saturated heterocycles. The van der Waals surface area contributed by atoms with Crippen LogP contribution >= 0.6 is 0 Å². The summed E-state index contributed by atoms with van der Waals surface area (Å²) in [4.78, 5) is 28.1.